The molecule has 2 N–H and O–H groups in total. The highest BCUT2D eigenvalue weighted by Crippen LogP contribution is 2.44. The van der Waals surface area contributed by atoms with Crippen LogP contribution in [0.15, 0.2) is 24.3 Å². The molecule has 1 aromatic rings. The maximum absolute atomic E-state index is 6.88. The van der Waals surface area contributed by atoms with Crippen molar-refractivity contribution in [2.75, 3.05) is 0 Å². The molecule has 1 saturated carbocycles. The van der Waals surface area contributed by atoms with E-state index in [2.05, 4.69) is 38.1 Å². The van der Waals surface area contributed by atoms with Crippen LogP contribution in [-0.2, 0) is 6.42 Å². The molecule has 0 spiro atoms. The highest BCUT2D eigenvalue weighted by Gasteiger charge is 2.39. The van der Waals surface area contributed by atoms with Gasteiger partial charge in [0, 0.05) is 5.54 Å². The third kappa shape index (κ3) is 2.65. The average Bonchev–Trinajstić information content (AvgIpc) is 2.44. The zero-order valence-electron chi connectivity index (χ0n) is 13.1. The molecule has 4 atom stereocenters. The zero-order chi connectivity index (χ0) is 14.2. The predicted molar refractivity (Wildman–Crippen MR) is 85.8 cm³/mol. The van der Waals surface area contributed by atoms with Gasteiger partial charge in [0.2, 0.25) is 0 Å². The predicted octanol–water partition coefficient (Wildman–Crippen LogP) is 4.65. The molecular weight excluding hydrogens is 242 g/mol. The number of fused-ring (bicyclic) bond motifs is 1. The fourth-order valence-electron chi connectivity index (χ4n) is 4.58. The fraction of sp³-hybridized carbons (Fsp3) is 0.684. The van der Waals surface area contributed by atoms with Crippen molar-refractivity contribution in [2.45, 2.75) is 70.3 Å². The molecule has 1 heteroatoms. The molecule has 1 fully saturated rings. The van der Waals surface area contributed by atoms with Gasteiger partial charge in [-0.2, -0.15) is 0 Å². The van der Waals surface area contributed by atoms with Crippen molar-refractivity contribution in [3.05, 3.63) is 35.4 Å². The SMILES string of the molecule is CC1CCC(C)C(N)(CC2CCCc3ccccc32)C1. The molecule has 0 heterocycles. The van der Waals surface area contributed by atoms with E-state index >= 15 is 0 Å². The van der Waals surface area contributed by atoms with E-state index in [9.17, 15) is 0 Å². The quantitative estimate of drug-likeness (QED) is 0.832. The number of aryl methyl sites for hydroxylation is 1. The summed E-state index contributed by atoms with van der Waals surface area (Å²) in [6.07, 6.45) is 9.00. The molecule has 0 amide bonds. The van der Waals surface area contributed by atoms with Crippen LogP contribution in [0.2, 0.25) is 0 Å². The molecule has 0 aliphatic heterocycles. The van der Waals surface area contributed by atoms with Crippen LogP contribution in [0.25, 0.3) is 0 Å². The minimum atomic E-state index is 0.0623. The van der Waals surface area contributed by atoms with Crippen molar-refractivity contribution in [1.29, 1.82) is 0 Å². The number of hydrogen-bond acceptors (Lipinski definition) is 1. The van der Waals surface area contributed by atoms with Gasteiger partial charge in [0.15, 0.2) is 0 Å². The summed E-state index contributed by atoms with van der Waals surface area (Å²) in [5, 5.41) is 0. The van der Waals surface area contributed by atoms with Crippen LogP contribution in [0.5, 0.6) is 0 Å². The van der Waals surface area contributed by atoms with Gasteiger partial charge in [0.1, 0.15) is 0 Å². The summed E-state index contributed by atoms with van der Waals surface area (Å²) in [6, 6.07) is 9.05. The Kier molecular flexibility index (Phi) is 3.90. The van der Waals surface area contributed by atoms with Crippen LogP contribution in [0.1, 0.15) is 69.4 Å². The van der Waals surface area contributed by atoms with Gasteiger partial charge in [-0.3, -0.25) is 0 Å². The molecule has 20 heavy (non-hydrogen) atoms. The van der Waals surface area contributed by atoms with E-state index < -0.39 is 0 Å². The van der Waals surface area contributed by atoms with Crippen LogP contribution in [-0.4, -0.2) is 5.54 Å². The van der Waals surface area contributed by atoms with E-state index in [-0.39, 0.29) is 5.54 Å². The zero-order valence-corrected chi connectivity index (χ0v) is 13.1. The number of nitrogens with two attached hydrogens (primary N) is 1. The van der Waals surface area contributed by atoms with E-state index in [0.29, 0.717) is 11.8 Å². The Labute approximate surface area is 124 Å². The van der Waals surface area contributed by atoms with Crippen molar-refractivity contribution >= 4 is 0 Å². The van der Waals surface area contributed by atoms with Crippen molar-refractivity contribution in [1.82, 2.24) is 0 Å². The largest absolute Gasteiger partial charge is 0.325 e. The Morgan fingerprint density at radius 2 is 1.95 bits per heavy atom. The average molecular weight is 271 g/mol. The van der Waals surface area contributed by atoms with E-state index in [1.54, 1.807) is 11.1 Å². The topological polar surface area (TPSA) is 26.0 Å². The minimum Gasteiger partial charge on any atom is -0.325 e. The molecule has 0 radical (unpaired) electrons. The van der Waals surface area contributed by atoms with Gasteiger partial charge in [0.05, 0.1) is 0 Å². The van der Waals surface area contributed by atoms with Crippen LogP contribution >= 0.6 is 0 Å². The second kappa shape index (κ2) is 5.52. The highest BCUT2D eigenvalue weighted by molar-refractivity contribution is 5.33. The van der Waals surface area contributed by atoms with Gasteiger partial charge in [-0.25, -0.2) is 0 Å². The molecule has 1 nitrogen and oxygen atoms in total. The first-order chi connectivity index (χ1) is 9.58. The summed E-state index contributed by atoms with van der Waals surface area (Å²) in [5.74, 6) is 2.17. The standard InChI is InChI=1S/C19H29N/c1-14-10-11-15(2)19(20,12-14)13-17-8-5-7-16-6-3-4-9-18(16)17/h3-4,6,9,14-15,17H,5,7-8,10-13,20H2,1-2H3. The molecule has 1 aromatic carbocycles. The first-order valence-corrected chi connectivity index (χ1v) is 8.45. The fourth-order valence-corrected chi connectivity index (χ4v) is 4.58. The van der Waals surface area contributed by atoms with Crippen LogP contribution in [0.4, 0.5) is 0 Å². The Bertz CT molecular complexity index is 467. The second-order valence-electron chi connectivity index (χ2n) is 7.51. The van der Waals surface area contributed by atoms with Crippen LogP contribution in [0, 0.1) is 11.8 Å². The van der Waals surface area contributed by atoms with E-state index in [4.69, 9.17) is 5.73 Å². The summed E-state index contributed by atoms with van der Waals surface area (Å²) in [5.41, 5.74) is 10.1. The van der Waals surface area contributed by atoms with E-state index in [1.807, 2.05) is 0 Å². The molecule has 0 saturated heterocycles. The van der Waals surface area contributed by atoms with Gasteiger partial charge >= 0.3 is 0 Å². The second-order valence-corrected chi connectivity index (χ2v) is 7.51. The van der Waals surface area contributed by atoms with Crippen molar-refractivity contribution < 1.29 is 0 Å². The van der Waals surface area contributed by atoms with Crippen molar-refractivity contribution in [2.24, 2.45) is 17.6 Å². The lowest BCUT2D eigenvalue weighted by Crippen LogP contribution is -2.51. The Morgan fingerprint density at radius 1 is 1.15 bits per heavy atom. The van der Waals surface area contributed by atoms with Gasteiger partial charge in [0.25, 0.3) is 0 Å². The van der Waals surface area contributed by atoms with Crippen LogP contribution < -0.4 is 5.73 Å². The van der Waals surface area contributed by atoms with Crippen molar-refractivity contribution in [3.8, 4) is 0 Å². The lowest BCUT2D eigenvalue weighted by Gasteiger charge is -2.45. The first kappa shape index (κ1) is 14.1. The van der Waals surface area contributed by atoms with Crippen LogP contribution in [0.3, 0.4) is 0 Å². The summed E-state index contributed by atoms with van der Waals surface area (Å²) >= 11 is 0. The van der Waals surface area contributed by atoms with Gasteiger partial charge in [-0.05, 0) is 67.4 Å². The third-order valence-corrected chi connectivity index (χ3v) is 5.92. The Balaban J connectivity index is 1.81. The molecule has 2 aliphatic carbocycles. The van der Waals surface area contributed by atoms with Gasteiger partial charge in [-0.15, -0.1) is 0 Å². The molecule has 4 unspecified atom stereocenters. The smallest absolute Gasteiger partial charge is 0.0188 e. The molecule has 2 aliphatic rings. The number of hydrogen-bond donors (Lipinski definition) is 1. The third-order valence-electron chi connectivity index (χ3n) is 5.92. The van der Waals surface area contributed by atoms with E-state index in [1.165, 1.54) is 44.9 Å². The first-order valence-electron chi connectivity index (χ1n) is 8.45. The van der Waals surface area contributed by atoms with E-state index in [0.717, 1.165) is 5.92 Å². The maximum atomic E-state index is 6.88. The lowest BCUT2D eigenvalue weighted by atomic mass is 9.64. The summed E-state index contributed by atoms with van der Waals surface area (Å²) in [6.45, 7) is 4.75. The minimum absolute atomic E-state index is 0.0623. The Morgan fingerprint density at radius 3 is 2.80 bits per heavy atom. The highest BCUT2D eigenvalue weighted by atomic mass is 14.8. The summed E-state index contributed by atoms with van der Waals surface area (Å²) in [4.78, 5) is 0. The normalized spacial score (nSPS) is 37.5. The maximum Gasteiger partial charge on any atom is 0.0188 e. The monoisotopic (exact) mass is 271 g/mol. The van der Waals surface area contributed by atoms with Gasteiger partial charge in [-0.1, -0.05) is 44.5 Å². The summed E-state index contributed by atoms with van der Waals surface area (Å²) < 4.78 is 0. The number of benzene rings is 1. The molecular formula is C19H29N. The molecule has 3 rings (SSSR count). The molecule has 0 aromatic heterocycles. The Hall–Kier alpha value is -0.820. The van der Waals surface area contributed by atoms with Crippen molar-refractivity contribution in [3.63, 3.8) is 0 Å². The van der Waals surface area contributed by atoms with Gasteiger partial charge < -0.3 is 5.73 Å². The molecule has 110 valence electrons. The number of rotatable bonds is 2. The summed E-state index contributed by atoms with van der Waals surface area (Å²) in [7, 11) is 0. The molecule has 0 bridgehead atoms. The lowest BCUT2D eigenvalue weighted by molar-refractivity contribution is 0.139.